The summed E-state index contributed by atoms with van der Waals surface area (Å²) in [6.45, 7) is 3.12. The molecule has 27 heavy (non-hydrogen) atoms. The lowest BCUT2D eigenvalue weighted by Gasteiger charge is -2.08. The highest BCUT2D eigenvalue weighted by Gasteiger charge is 2.08. The smallest absolute Gasteiger partial charge is 0.272 e. The first-order valence-electron chi connectivity index (χ1n) is 8.68. The topological polar surface area (TPSA) is 76.1 Å². The van der Waals surface area contributed by atoms with E-state index in [4.69, 9.17) is 4.74 Å². The van der Waals surface area contributed by atoms with Crippen LogP contribution >= 0.6 is 0 Å². The van der Waals surface area contributed by atoms with Gasteiger partial charge in [0.25, 0.3) is 5.91 Å². The van der Waals surface area contributed by atoms with Crippen molar-refractivity contribution in [2.75, 3.05) is 12.4 Å². The maximum absolute atomic E-state index is 12.2. The molecule has 1 aromatic heterocycles. The lowest BCUT2D eigenvalue weighted by Crippen LogP contribution is -2.24. The van der Waals surface area contributed by atoms with E-state index in [9.17, 15) is 4.79 Å². The lowest BCUT2D eigenvalue weighted by molar-refractivity contribution is 0.0945. The molecule has 138 valence electrons. The molecule has 1 heterocycles. The Morgan fingerprint density at radius 1 is 0.963 bits per heavy atom. The SMILES string of the molecule is COc1ccc(CNC(=O)c2ccc(NCc3cccc(C)c3)nn2)cc1. The van der Waals surface area contributed by atoms with E-state index in [0.717, 1.165) is 16.9 Å². The molecule has 0 saturated heterocycles. The quantitative estimate of drug-likeness (QED) is 0.674. The third-order valence-electron chi connectivity index (χ3n) is 4.07. The second-order valence-corrected chi connectivity index (χ2v) is 6.18. The Labute approximate surface area is 158 Å². The molecule has 0 spiro atoms. The van der Waals surface area contributed by atoms with Gasteiger partial charge in [0.1, 0.15) is 11.6 Å². The monoisotopic (exact) mass is 362 g/mol. The summed E-state index contributed by atoms with van der Waals surface area (Å²) in [7, 11) is 1.62. The highest BCUT2D eigenvalue weighted by atomic mass is 16.5. The van der Waals surface area contributed by atoms with E-state index in [1.54, 1.807) is 19.2 Å². The Bertz CT molecular complexity index is 893. The third-order valence-corrected chi connectivity index (χ3v) is 4.07. The fourth-order valence-electron chi connectivity index (χ4n) is 2.58. The highest BCUT2D eigenvalue weighted by Crippen LogP contribution is 2.11. The van der Waals surface area contributed by atoms with Crippen LogP contribution in [-0.4, -0.2) is 23.2 Å². The van der Waals surface area contributed by atoms with Crippen LogP contribution in [0.3, 0.4) is 0 Å². The summed E-state index contributed by atoms with van der Waals surface area (Å²) in [5, 5.41) is 14.1. The standard InChI is InChI=1S/C21H22N4O2/c1-15-4-3-5-17(12-15)14-22-20-11-10-19(24-25-20)21(26)23-13-16-6-8-18(27-2)9-7-16/h3-12H,13-14H2,1-2H3,(H,22,25)(H,23,26). The second kappa shape index (κ2) is 8.80. The van der Waals surface area contributed by atoms with E-state index < -0.39 is 0 Å². The number of carbonyl (C=O) groups excluding carboxylic acids is 1. The molecule has 6 heteroatoms. The Morgan fingerprint density at radius 3 is 2.44 bits per heavy atom. The van der Waals surface area contributed by atoms with Crippen LogP contribution < -0.4 is 15.4 Å². The number of aromatic nitrogens is 2. The van der Waals surface area contributed by atoms with Crippen molar-refractivity contribution in [2.45, 2.75) is 20.0 Å². The van der Waals surface area contributed by atoms with Gasteiger partial charge in [-0.15, -0.1) is 10.2 Å². The third kappa shape index (κ3) is 5.28. The number of nitrogens with one attached hydrogen (secondary N) is 2. The van der Waals surface area contributed by atoms with Crippen molar-refractivity contribution in [3.63, 3.8) is 0 Å². The van der Waals surface area contributed by atoms with Crippen molar-refractivity contribution >= 4 is 11.7 Å². The van der Waals surface area contributed by atoms with Gasteiger partial charge in [-0.1, -0.05) is 42.0 Å². The Hall–Kier alpha value is -3.41. The molecule has 0 atom stereocenters. The lowest BCUT2D eigenvalue weighted by atomic mass is 10.1. The molecule has 0 aliphatic carbocycles. The zero-order valence-electron chi connectivity index (χ0n) is 15.4. The number of aryl methyl sites for hydroxylation is 1. The van der Waals surface area contributed by atoms with Gasteiger partial charge in [0, 0.05) is 13.1 Å². The van der Waals surface area contributed by atoms with Gasteiger partial charge in [-0.25, -0.2) is 0 Å². The van der Waals surface area contributed by atoms with Crippen LogP contribution in [0.4, 0.5) is 5.82 Å². The maximum Gasteiger partial charge on any atom is 0.272 e. The van der Waals surface area contributed by atoms with Crippen LogP contribution in [0.2, 0.25) is 0 Å². The molecule has 3 rings (SSSR count). The van der Waals surface area contributed by atoms with Gasteiger partial charge < -0.3 is 15.4 Å². The number of amides is 1. The summed E-state index contributed by atoms with van der Waals surface area (Å²) >= 11 is 0. The van der Waals surface area contributed by atoms with E-state index in [2.05, 4.69) is 46.0 Å². The first kappa shape index (κ1) is 18.4. The first-order chi connectivity index (χ1) is 13.1. The van der Waals surface area contributed by atoms with Crippen LogP contribution in [-0.2, 0) is 13.1 Å². The van der Waals surface area contributed by atoms with Gasteiger partial charge >= 0.3 is 0 Å². The van der Waals surface area contributed by atoms with Gasteiger partial charge in [0.05, 0.1) is 7.11 Å². The molecule has 2 N–H and O–H groups in total. The fraction of sp³-hybridized carbons (Fsp3) is 0.190. The molecular weight excluding hydrogens is 340 g/mol. The zero-order valence-corrected chi connectivity index (χ0v) is 15.4. The molecule has 0 saturated carbocycles. The Kier molecular flexibility index (Phi) is 5.99. The van der Waals surface area contributed by atoms with Crippen molar-refractivity contribution in [3.8, 4) is 5.75 Å². The van der Waals surface area contributed by atoms with Crippen molar-refractivity contribution in [3.05, 3.63) is 83.0 Å². The summed E-state index contributed by atoms with van der Waals surface area (Å²) in [4.78, 5) is 12.2. The van der Waals surface area contributed by atoms with E-state index in [1.807, 2.05) is 30.3 Å². The van der Waals surface area contributed by atoms with Crippen molar-refractivity contribution in [2.24, 2.45) is 0 Å². The molecule has 3 aromatic rings. The Balaban J connectivity index is 1.52. The van der Waals surface area contributed by atoms with Crippen molar-refractivity contribution in [1.82, 2.24) is 15.5 Å². The van der Waals surface area contributed by atoms with Gasteiger partial charge in [-0.3, -0.25) is 4.79 Å². The average molecular weight is 362 g/mol. The predicted octanol–water partition coefficient (Wildman–Crippen LogP) is 3.34. The molecule has 0 aliphatic heterocycles. The number of hydrogen-bond donors (Lipinski definition) is 2. The van der Waals surface area contributed by atoms with E-state index in [1.165, 1.54) is 5.56 Å². The number of ether oxygens (including phenoxy) is 1. The number of hydrogen-bond acceptors (Lipinski definition) is 5. The number of benzene rings is 2. The minimum absolute atomic E-state index is 0.261. The second-order valence-electron chi connectivity index (χ2n) is 6.18. The number of carbonyl (C=O) groups is 1. The predicted molar refractivity (Wildman–Crippen MR) is 105 cm³/mol. The summed E-state index contributed by atoms with van der Waals surface area (Å²) in [6, 6.07) is 19.2. The molecule has 6 nitrogen and oxygen atoms in total. The van der Waals surface area contributed by atoms with Gasteiger partial charge in [0.15, 0.2) is 5.69 Å². The van der Waals surface area contributed by atoms with Crippen LogP contribution in [0.5, 0.6) is 5.75 Å². The summed E-state index contributed by atoms with van der Waals surface area (Å²) < 4.78 is 5.12. The zero-order chi connectivity index (χ0) is 19.1. The van der Waals surface area contributed by atoms with Crippen LogP contribution in [0.1, 0.15) is 27.2 Å². The molecule has 0 aliphatic rings. The minimum Gasteiger partial charge on any atom is -0.497 e. The Morgan fingerprint density at radius 2 is 1.78 bits per heavy atom. The van der Waals surface area contributed by atoms with Gasteiger partial charge in [-0.05, 0) is 42.3 Å². The number of nitrogens with zero attached hydrogens (tertiary/aromatic N) is 2. The molecule has 0 radical (unpaired) electrons. The molecule has 0 fully saturated rings. The average Bonchev–Trinajstić information content (AvgIpc) is 2.71. The van der Waals surface area contributed by atoms with Crippen LogP contribution in [0.15, 0.2) is 60.7 Å². The van der Waals surface area contributed by atoms with E-state index in [-0.39, 0.29) is 11.6 Å². The van der Waals surface area contributed by atoms with E-state index in [0.29, 0.717) is 18.9 Å². The summed E-state index contributed by atoms with van der Waals surface area (Å²) in [6.07, 6.45) is 0. The minimum atomic E-state index is -0.261. The van der Waals surface area contributed by atoms with Crippen LogP contribution in [0, 0.1) is 6.92 Å². The van der Waals surface area contributed by atoms with Gasteiger partial charge in [-0.2, -0.15) is 0 Å². The first-order valence-corrected chi connectivity index (χ1v) is 8.68. The number of anilines is 1. The molecule has 1 amide bonds. The molecule has 2 aromatic carbocycles. The number of methoxy groups -OCH3 is 1. The summed E-state index contributed by atoms with van der Waals surface area (Å²) in [5.74, 6) is 1.15. The van der Waals surface area contributed by atoms with Crippen molar-refractivity contribution in [1.29, 1.82) is 0 Å². The molecule has 0 bridgehead atoms. The molecule has 0 unspecified atom stereocenters. The van der Waals surface area contributed by atoms with Crippen molar-refractivity contribution < 1.29 is 9.53 Å². The van der Waals surface area contributed by atoms with Gasteiger partial charge in [0.2, 0.25) is 0 Å². The van der Waals surface area contributed by atoms with E-state index >= 15 is 0 Å². The largest absolute Gasteiger partial charge is 0.497 e. The highest BCUT2D eigenvalue weighted by molar-refractivity contribution is 5.92. The number of rotatable bonds is 7. The fourth-order valence-corrected chi connectivity index (χ4v) is 2.58. The summed E-state index contributed by atoms with van der Waals surface area (Å²) in [5.41, 5.74) is 3.64. The maximum atomic E-state index is 12.2. The normalized spacial score (nSPS) is 10.3. The van der Waals surface area contributed by atoms with Crippen LogP contribution in [0.25, 0.3) is 0 Å². The molecular formula is C21H22N4O2.